The van der Waals surface area contributed by atoms with Crippen molar-refractivity contribution < 1.29 is 24.2 Å². The molecule has 164 valence electrons. The number of nitrogens with zero attached hydrogens (tertiary/aromatic N) is 2. The maximum absolute atomic E-state index is 13.1. The molecule has 1 aromatic heterocycles. The summed E-state index contributed by atoms with van der Waals surface area (Å²) >= 11 is 0. The molecular weight excluding hydrogens is 410 g/mol. The van der Waals surface area contributed by atoms with Crippen molar-refractivity contribution in [3.05, 3.63) is 70.9 Å². The fourth-order valence-corrected chi connectivity index (χ4v) is 3.85. The highest BCUT2D eigenvalue weighted by molar-refractivity contribution is 6.06. The Hall–Kier alpha value is -3.78. The fourth-order valence-electron chi connectivity index (χ4n) is 3.85. The van der Waals surface area contributed by atoms with Gasteiger partial charge in [0.1, 0.15) is 0 Å². The number of aromatic carboxylic acids is 1. The number of anilines is 1. The Morgan fingerprint density at radius 1 is 1.12 bits per heavy atom. The molecule has 1 amide bonds. The number of likely N-dealkylation sites (N-methyl/N-ethyl adjacent to an activating group) is 1. The lowest BCUT2D eigenvalue weighted by Crippen LogP contribution is -2.32. The number of para-hydroxylation sites is 1. The van der Waals surface area contributed by atoms with Crippen LogP contribution in [0.25, 0.3) is 10.9 Å². The van der Waals surface area contributed by atoms with Crippen molar-refractivity contribution in [2.75, 3.05) is 25.0 Å². The van der Waals surface area contributed by atoms with E-state index >= 15 is 0 Å². The van der Waals surface area contributed by atoms with Crippen LogP contribution in [-0.2, 0) is 22.5 Å². The lowest BCUT2D eigenvalue weighted by Gasteiger charge is -2.28. The highest BCUT2D eigenvalue weighted by Gasteiger charge is 2.26. The minimum Gasteiger partial charge on any atom is -0.478 e. The average molecular weight is 433 g/mol. The molecule has 0 saturated heterocycles. The molecule has 3 aromatic rings. The number of pyridine rings is 1. The predicted octanol–water partition coefficient (Wildman–Crippen LogP) is 3.11. The van der Waals surface area contributed by atoms with Crippen LogP contribution in [0.2, 0.25) is 0 Å². The summed E-state index contributed by atoms with van der Waals surface area (Å²) in [5.41, 5.74) is 3.47. The van der Waals surface area contributed by atoms with E-state index < -0.39 is 24.5 Å². The number of nitrogens with one attached hydrogen (secondary N) is 1. The quantitative estimate of drug-likeness (QED) is 0.575. The molecule has 1 aliphatic heterocycles. The summed E-state index contributed by atoms with van der Waals surface area (Å²) in [5, 5.41) is 12.3. The molecule has 8 nitrogen and oxygen atoms in total. The molecule has 1 aliphatic rings. The van der Waals surface area contributed by atoms with E-state index in [4.69, 9.17) is 14.8 Å². The van der Waals surface area contributed by atoms with Crippen LogP contribution in [0.5, 0.6) is 0 Å². The van der Waals surface area contributed by atoms with Crippen molar-refractivity contribution >= 4 is 34.4 Å². The summed E-state index contributed by atoms with van der Waals surface area (Å²) in [4.78, 5) is 43.3. The molecule has 2 heterocycles. The normalized spacial score (nSPS) is 13.4. The standard InChI is InChI=1S/C24H23N3O5/c1-2-27-12-11-20-18(13-27)22(17-5-3-4-6-19(17)26-20)24(31)32-14-21(28)25-16-9-7-15(8-10-16)23(29)30/h3-10H,2,11-14H2,1H3,(H,25,28)(H,29,30). The van der Waals surface area contributed by atoms with E-state index in [1.165, 1.54) is 24.3 Å². The summed E-state index contributed by atoms with van der Waals surface area (Å²) < 4.78 is 5.38. The fraction of sp³-hybridized carbons (Fsp3) is 0.250. The summed E-state index contributed by atoms with van der Waals surface area (Å²) in [7, 11) is 0. The molecule has 32 heavy (non-hydrogen) atoms. The Balaban J connectivity index is 1.52. The zero-order valence-corrected chi connectivity index (χ0v) is 17.6. The smallest absolute Gasteiger partial charge is 0.339 e. The van der Waals surface area contributed by atoms with Crippen LogP contribution in [0.1, 0.15) is 38.9 Å². The molecular formula is C24H23N3O5. The number of fused-ring (bicyclic) bond motifs is 2. The Labute approximate surface area is 184 Å². The number of benzene rings is 2. The molecule has 0 aliphatic carbocycles. The maximum atomic E-state index is 13.1. The van der Waals surface area contributed by atoms with Gasteiger partial charge in [0.05, 0.1) is 16.6 Å². The van der Waals surface area contributed by atoms with Crippen LogP contribution >= 0.6 is 0 Å². The van der Waals surface area contributed by atoms with Gasteiger partial charge in [-0.1, -0.05) is 25.1 Å². The number of amides is 1. The van der Waals surface area contributed by atoms with Gasteiger partial charge in [0.25, 0.3) is 5.91 Å². The average Bonchev–Trinajstić information content (AvgIpc) is 2.81. The number of carbonyl (C=O) groups excluding carboxylic acids is 2. The highest BCUT2D eigenvalue weighted by atomic mass is 16.5. The van der Waals surface area contributed by atoms with Gasteiger partial charge in [-0.3, -0.25) is 14.7 Å². The van der Waals surface area contributed by atoms with Crippen molar-refractivity contribution in [1.29, 1.82) is 0 Å². The topological polar surface area (TPSA) is 109 Å². The molecule has 8 heteroatoms. The van der Waals surface area contributed by atoms with E-state index in [9.17, 15) is 14.4 Å². The summed E-state index contributed by atoms with van der Waals surface area (Å²) in [6.45, 7) is 3.97. The minimum absolute atomic E-state index is 0.116. The number of esters is 1. The highest BCUT2D eigenvalue weighted by Crippen LogP contribution is 2.28. The zero-order valence-electron chi connectivity index (χ0n) is 17.6. The van der Waals surface area contributed by atoms with Crippen molar-refractivity contribution in [2.45, 2.75) is 19.9 Å². The predicted molar refractivity (Wildman–Crippen MR) is 119 cm³/mol. The van der Waals surface area contributed by atoms with Crippen molar-refractivity contribution in [3.63, 3.8) is 0 Å². The molecule has 2 N–H and O–H groups in total. The maximum Gasteiger partial charge on any atom is 0.339 e. The molecule has 0 bridgehead atoms. The lowest BCUT2D eigenvalue weighted by molar-refractivity contribution is -0.119. The number of hydrogen-bond donors (Lipinski definition) is 2. The molecule has 4 rings (SSSR count). The second-order valence-corrected chi connectivity index (χ2v) is 7.55. The molecule has 0 atom stereocenters. The summed E-state index contributed by atoms with van der Waals surface area (Å²) in [6, 6.07) is 13.2. The van der Waals surface area contributed by atoms with Gasteiger partial charge >= 0.3 is 11.9 Å². The van der Waals surface area contributed by atoms with Gasteiger partial charge in [-0.25, -0.2) is 9.59 Å². The van der Waals surface area contributed by atoms with E-state index in [0.29, 0.717) is 23.2 Å². The first kappa shape index (κ1) is 21.5. The summed E-state index contributed by atoms with van der Waals surface area (Å²) in [6.07, 6.45) is 0.751. The summed E-state index contributed by atoms with van der Waals surface area (Å²) in [5.74, 6) is -2.12. The Kier molecular flexibility index (Phi) is 6.13. The van der Waals surface area contributed by atoms with Crippen molar-refractivity contribution in [1.82, 2.24) is 9.88 Å². The van der Waals surface area contributed by atoms with E-state index in [0.717, 1.165) is 36.3 Å². The SMILES string of the molecule is CCN1CCc2nc3ccccc3c(C(=O)OCC(=O)Nc3ccc(C(=O)O)cc3)c2C1. The number of carbonyl (C=O) groups is 3. The van der Waals surface area contributed by atoms with Crippen molar-refractivity contribution in [2.24, 2.45) is 0 Å². The molecule has 2 aromatic carbocycles. The molecule has 0 spiro atoms. The van der Waals surface area contributed by atoms with Gasteiger partial charge in [-0.2, -0.15) is 0 Å². The monoisotopic (exact) mass is 433 g/mol. The molecule has 0 saturated carbocycles. The van der Waals surface area contributed by atoms with E-state index in [1.54, 1.807) is 0 Å². The molecule has 0 unspecified atom stereocenters. The number of aromatic nitrogens is 1. The zero-order chi connectivity index (χ0) is 22.7. The van der Waals surface area contributed by atoms with E-state index in [-0.39, 0.29) is 5.56 Å². The van der Waals surface area contributed by atoms with E-state index in [1.807, 2.05) is 24.3 Å². The van der Waals surface area contributed by atoms with Gasteiger partial charge in [0.2, 0.25) is 0 Å². The van der Waals surface area contributed by atoms with Crippen molar-refractivity contribution in [3.8, 4) is 0 Å². The molecule has 0 fully saturated rings. The van der Waals surface area contributed by atoms with Crippen LogP contribution in [0.4, 0.5) is 5.69 Å². The number of rotatable bonds is 6. The van der Waals surface area contributed by atoms with Gasteiger partial charge in [0, 0.05) is 41.8 Å². The third-order valence-corrected chi connectivity index (χ3v) is 5.53. The van der Waals surface area contributed by atoms with Crippen LogP contribution in [-0.4, -0.2) is 52.5 Å². The Morgan fingerprint density at radius 2 is 1.88 bits per heavy atom. The van der Waals surface area contributed by atoms with Gasteiger partial charge in [-0.15, -0.1) is 0 Å². The first-order valence-corrected chi connectivity index (χ1v) is 10.4. The second kappa shape index (κ2) is 9.15. The van der Waals surface area contributed by atoms with Crippen LogP contribution in [0, 0.1) is 0 Å². The van der Waals surface area contributed by atoms with Crippen LogP contribution in [0.15, 0.2) is 48.5 Å². The minimum atomic E-state index is -1.05. The van der Waals surface area contributed by atoms with Crippen LogP contribution in [0.3, 0.4) is 0 Å². The Bertz CT molecular complexity index is 1190. The lowest BCUT2D eigenvalue weighted by atomic mass is 9.96. The molecule has 0 radical (unpaired) electrons. The number of carboxylic acid groups (broad SMARTS) is 1. The number of ether oxygens (including phenoxy) is 1. The van der Waals surface area contributed by atoms with Crippen LogP contribution < -0.4 is 5.32 Å². The first-order valence-electron chi connectivity index (χ1n) is 10.4. The number of hydrogen-bond acceptors (Lipinski definition) is 6. The second-order valence-electron chi connectivity index (χ2n) is 7.55. The Morgan fingerprint density at radius 3 is 2.59 bits per heavy atom. The third kappa shape index (κ3) is 4.45. The first-order chi connectivity index (χ1) is 15.5. The van der Waals surface area contributed by atoms with Gasteiger partial charge in [0.15, 0.2) is 6.61 Å². The van der Waals surface area contributed by atoms with Gasteiger partial charge in [-0.05, 0) is 36.9 Å². The number of carboxylic acids is 1. The largest absolute Gasteiger partial charge is 0.478 e. The third-order valence-electron chi connectivity index (χ3n) is 5.53. The van der Waals surface area contributed by atoms with E-state index in [2.05, 4.69) is 17.1 Å². The van der Waals surface area contributed by atoms with Gasteiger partial charge < -0.3 is 15.2 Å².